The lowest BCUT2D eigenvalue weighted by molar-refractivity contribution is 0.521. The number of nitrogens with zero attached hydrogens (tertiary/aromatic N) is 5. The quantitative estimate of drug-likeness (QED) is 0.170. The number of anilines is 5. The molecule has 0 fully saturated rings. The molecule has 0 unspecified atom stereocenters. The monoisotopic (exact) mass is 2080 g/mol. The van der Waals surface area contributed by atoms with Gasteiger partial charge in [0, 0.05) is 108 Å². The summed E-state index contributed by atoms with van der Waals surface area (Å²) in [7, 11) is 0. The average molecular weight is 2080 g/mol. The first kappa shape index (κ1) is 163. The molecule has 870 valence electrons. The van der Waals surface area contributed by atoms with Crippen LogP contribution in [-0.2, 0) is 32.1 Å². The van der Waals surface area contributed by atoms with Crippen LogP contribution in [0.5, 0.6) is 0 Å². The Balaban J connectivity index is -0.000000200. The minimum absolute atomic E-state index is 0. The first-order valence-electron chi connectivity index (χ1n) is 59.5. The molecule has 0 spiro atoms. The van der Waals surface area contributed by atoms with Crippen LogP contribution in [-0.4, -0.2) is 56.5 Å². The molecule has 0 saturated carbocycles. The number of rotatable bonds is 5. The molecule has 0 aromatic heterocycles. The third kappa shape index (κ3) is 30.9. The summed E-state index contributed by atoms with van der Waals surface area (Å²) >= 11 is 0. The van der Waals surface area contributed by atoms with Crippen LogP contribution in [0.3, 0.4) is 0 Å². The van der Waals surface area contributed by atoms with Gasteiger partial charge in [-0.05, 0) is 284 Å². The van der Waals surface area contributed by atoms with Crippen molar-refractivity contribution < 1.29 is 0 Å². The summed E-state index contributed by atoms with van der Waals surface area (Å²) in [6, 6.07) is 48.8. The number of fused-ring (bicyclic) bond motifs is 30. The van der Waals surface area contributed by atoms with E-state index in [0.29, 0.717) is 101 Å². The maximum atomic E-state index is 2.85. The average Bonchev–Trinajstić information content (AvgIpc) is 1.51. The highest BCUT2D eigenvalue weighted by molar-refractivity contribution is 6.03. The zero-order valence-corrected chi connectivity index (χ0v) is 102. The maximum absolute atomic E-state index is 2.85. The molecule has 10 aromatic carbocycles. The fourth-order valence-corrected chi connectivity index (χ4v) is 24.6. The van der Waals surface area contributed by atoms with Crippen molar-refractivity contribution in [3.8, 4) is 0 Å². The second kappa shape index (κ2) is 79.5. The van der Waals surface area contributed by atoms with Crippen LogP contribution in [0.1, 0.15) is 604 Å². The minimum Gasteiger partial charge on any atom is -0.368 e. The van der Waals surface area contributed by atoms with Gasteiger partial charge in [-0.1, -0.05) is 527 Å². The summed E-state index contributed by atoms with van der Waals surface area (Å²) < 4.78 is 0. The first-order chi connectivity index (χ1) is 67.8. The highest BCUT2D eigenvalue weighted by atomic mass is 15.4. The minimum atomic E-state index is 0. The van der Waals surface area contributed by atoms with Gasteiger partial charge in [-0.25, -0.2) is 0 Å². The molecule has 150 heavy (non-hydrogen) atoms. The van der Waals surface area contributed by atoms with Crippen LogP contribution < -0.4 is 24.5 Å². The van der Waals surface area contributed by atoms with E-state index in [0.717, 1.165) is 44.1 Å². The molecule has 20 atom stereocenters. The van der Waals surface area contributed by atoms with Gasteiger partial charge < -0.3 is 24.5 Å². The molecule has 10 aliphatic rings. The van der Waals surface area contributed by atoms with Crippen molar-refractivity contribution >= 4 is 82.3 Å². The van der Waals surface area contributed by atoms with Crippen LogP contribution >= 0.6 is 0 Å². The van der Waals surface area contributed by atoms with Gasteiger partial charge in [-0.3, -0.25) is 0 Å². The second-order valence-corrected chi connectivity index (χ2v) is 37.6. The number of hydrogen-bond acceptors (Lipinski definition) is 5. The van der Waals surface area contributed by atoms with Crippen molar-refractivity contribution in [2.45, 2.75) is 583 Å². The largest absolute Gasteiger partial charge is 0.368 e. The Labute approximate surface area is 944 Å². The Morgan fingerprint density at radius 3 is 0.487 bits per heavy atom. The number of likely N-dealkylation sites (N-methyl/N-ethyl adjacent to an activating group) is 3. The van der Waals surface area contributed by atoms with Crippen molar-refractivity contribution in [1.29, 1.82) is 0 Å². The van der Waals surface area contributed by atoms with E-state index in [1.165, 1.54) is 92.4 Å². The standard InChI is InChI=1S/C39H46N2.3C21H27N.C3H8.15C2H6.10CH4/c1-20-17-32-28-13-9-11-15-30(28)36-24(5)26(7)40(38(36)34(32)22(20)3)19-41-27(8)25(6)37-31-16-12-10-14-29(31)33-18-21(2)23(4)35(33)39(37)41;2*1-6-22-15(5)14(4)20-17-10-8-7-9-16(17)19-13(3)12(2)11-18(19)21(20)22;1-6-22-15(5)14(4)20-17-10-8-7-9-16(17)18-11-12(2)13(3)19(18)21(20)22;1-3-2;15*1-2;;;;;;;;;;/h9-16,20-27H,17-19H2,1-8H3;3*7-10,12-15H,6,11H2,1-5H3;3H2,1-2H3;15*1-2H3;10*1H4/t20-,21-,22-,23-,24-,25-,26+,27+;2*12-,13-,14+,15-;12-,13-,14-,15+;;;;;;;;;;;;;;;;;;;;;;;;;;/m1001........................../s1. The predicted octanol–water partition coefficient (Wildman–Crippen LogP) is 49.4. The summed E-state index contributed by atoms with van der Waals surface area (Å²) in [6.07, 6.45) is 7.40. The fraction of sp³-hybridized carbons (Fsp3) is 0.655. The molecule has 20 rings (SSSR count). The van der Waals surface area contributed by atoms with E-state index in [2.05, 4.69) is 319 Å². The molecule has 0 amide bonds. The molecule has 5 heterocycles. The zero-order chi connectivity index (χ0) is 108. The Bertz CT molecular complexity index is 4970. The molecule has 5 aliphatic heterocycles. The van der Waals surface area contributed by atoms with Gasteiger partial charge in [0.05, 0.1) is 6.67 Å². The van der Waals surface area contributed by atoms with Crippen LogP contribution in [0, 0.1) is 29.6 Å². The molecule has 0 radical (unpaired) electrons. The third-order valence-electron chi connectivity index (χ3n) is 32.2. The maximum Gasteiger partial charge on any atom is 0.0909 e. The normalized spacial score (nSPS) is 22.6. The van der Waals surface area contributed by atoms with Crippen molar-refractivity contribution in [3.05, 3.63) is 205 Å². The molecule has 0 saturated heterocycles. The van der Waals surface area contributed by atoms with E-state index in [1.54, 1.807) is 112 Å². The third-order valence-corrected chi connectivity index (χ3v) is 32.2. The Kier molecular flexibility index (Phi) is 86.1. The van der Waals surface area contributed by atoms with E-state index in [-0.39, 0.29) is 74.3 Å². The van der Waals surface area contributed by atoms with Crippen molar-refractivity contribution in [2.75, 3.05) is 50.8 Å². The first-order valence-corrected chi connectivity index (χ1v) is 59.5. The summed E-state index contributed by atoms with van der Waals surface area (Å²) in [5.41, 5.74) is 32.5. The molecule has 5 nitrogen and oxygen atoms in total. The van der Waals surface area contributed by atoms with Gasteiger partial charge in [0.1, 0.15) is 0 Å². The SMILES string of the molecule is C.C.C.C.C.C.C.C.C.C.CC.CC.CC.CC.CC.CC.CC.CC.CC.CC.CC.CC.CC.CC.CC.CCC.CCN1c2c3c(c4ccccc4c2[C@H](C)[C@@H]1C)C[C@@H](C)[C@H]3C.CCN1c2c3c(c4ccccc4c2[C@H](C)[C@@H]1C)[C@@H](C)[C@@H](C)C3.CCN1c2c3c(c4ccccc4c2[C@H](C)[C@@H]1C)[C@@H](C)[C@@H](C)C3.C[C@@H]1Cc2c(c3c(c4ccccc24)[C@H](C)[C@H](C)N3CN2c3c4c(c5ccccc5c3[C@H](C)[C@@H]2C)C[C@@H](C)[C@H]4C)[C@@H]1C. The lowest BCUT2D eigenvalue weighted by atomic mass is 9.87. The molecule has 0 N–H and O–H groups in total. The van der Waals surface area contributed by atoms with Crippen LogP contribution in [0.4, 0.5) is 28.4 Å². The van der Waals surface area contributed by atoms with Crippen molar-refractivity contribution in [3.63, 3.8) is 0 Å². The molecule has 10 aromatic rings. The summed E-state index contributed by atoms with van der Waals surface area (Å²) in [4.78, 5) is 13.7. The van der Waals surface area contributed by atoms with Crippen molar-refractivity contribution in [1.82, 2.24) is 0 Å². The van der Waals surface area contributed by atoms with E-state index in [4.69, 9.17) is 0 Å². The molecule has 0 bridgehead atoms. The number of hydrogen-bond donors (Lipinski definition) is 0. The smallest absolute Gasteiger partial charge is 0.0909 e. The van der Waals surface area contributed by atoms with E-state index in [1.807, 2.05) is 208 Å². The highest BCUT2D eigenvalue weighted by Gasteiger charge is 2.49. The van der Waals surface area contributed by atoms with E-state index in [9.17, 15) is 0 Å². The molecular formula is C145H265N5. The summed E-state index contributed by atoms with van der Waals surface area (Å²) in [6.45, 7) is 124. The Hall–Kier alpha value is -7.50. The lowest BCUT2D eigenvalue weighted by Gasteiger charge is -2.38. The van der Waals surface area contributed by atoms with Crippen molar-refractivity contribution in [2.24, 2.45) is 29.6 Å². The van der Waals surface area contributed by atoms with Gasteiger partial charge >= 0.3 is 0 Å². The van der Waals surface area contributed by atoms with Gasteiger partial charge in [0.15, 0.2) is 0 Å². The fourth-order valence-electron chi connectivity index (χ4n) is 24.6. The van der Waals surface area contributed by atoms with Gasteiger partial charge in [-0.2, -0.15) is 0 Å². The zero-order valence-electron chi connectivity index (χ0n) is 102. The Morgan fingerprint density at radius 2 is 0.300 bits per heavy atom. The molecule has 5 aliphatic carbocycles. The van der Waals surface area contributed by atoms with Crippen LogP contribution in [0.2, 0.25) is 0 Å². The molecular weight excluding hydrogens is 1810 g/mol. The second-order valence-electron chi connectivity index (χ2n) is 37.6. The van der Waals surface area contributed by atoms with Crippen LogP contribution in [0.15, 0.2) is 121 Å². The summed E-state index contributed by atoms with van der Waals surface area (Å²) in [5, 5.41) is 15.1. The highest BCUT2D eigenvalue weighted by Crippen LogP contribution is 2.62. The van der Waals surface area contributed by atoms with E-state index < -0.39 is 0 Å². The summed E-state index contributed by atoms with van der Waals surface area (Å²) in [5.74, 6) is 9.77. The van der Waals surface area contributed by atoms with Gasteiger partial charge in [0.25, 0.3) is 0 Å². The van der Waals surface area contributed by atoms with E-state index >= 15 is 0 Å². The number of benzene rings is 10. The van der Waals surface area contributed by atoms with Gasteiger partial charge in [-0.15, -0.1) is 0 Å². The Morgan fingerprint density at radius 1 is 0.167 bits per heavy atom. The topological polar surface area (TPSA) is 16.2 Å². The molecule has 5 heteroatoms. The lowest BCUT2D eigenvalue weighted by Crippen LogP contribution is -2.45. The van der Waals surface area contributed by atoms with Crippen LogP contribution in [0.25, 0.3) is 53.9 Å². The van der Waals surface area contributed by atoms with Gasteiger partial charge in [0.2, 0.25) is 0 Å². The predicted molar refractivity (Wildman–Crippen MR) is 718 cm³/mol.